The number of nitrogens with one attached hydrogen (secondary N) is 1. The Kier molecular flexibility index (Phi) is 6.03. The second kappa shape index (κ2) is 8.83. The van der Waals surface area contributed by atoms with E-state index >= 15 is 0 Å². The summed E-state index contributed by atoms with van der Waals surface area (Å²) in [4.78, 5) is 24.3. The Morgan fingerprint density at radius 3 is 2.62 bits per heavy atom. The van der Waals surface area contributed by atoms with Gasteiger partial charge in [0.15, 0.2) is 6.61 Å². The van der Waals surface area contributed by atoms with Crippen LogP contribution in [0, 0.1) is 10.1 Å². The van der Waals surface area contributed by atoms with Gasteiger partial charge in [-0.05, 0) is 29.0 Å². The third-order valence-corrected chi connectivity index (χ3v) is 4.19. The number of rotatable bonds is 7. The average molecular weight is 392 g/mol. The summed E-state index contributed by atoms with van der Waals surface area (Å²) in [6.45, 7) is -0.203. The molecule has 3 rings (SSSR count). The topological polar surface area (TPSA) is 97.1 Å². The van der Waals surface area contributed by atoms with Crippen LogP contribution in [0.25, 0.3) is 10.8 Å². The molecule has 0 atom stereocenters. The van der Waals surface area contributed by atoms with Gasteiger partial charge >= 0.3 is 0 Å². The van der Waals surface area contributed by atoms with Gasteiger partial charge in [-0.3, -0.25) is 14.9 Å². The molecule has 0 fully saturated rings. The monoisotopic (exact) mass is 392 g/mol. The molecule has 3 aromatic carbocycles. The van der Waals surface area contributed by atoms with Gasteiger partial charge < -0.3 is 9.64 Å². The van der Waals surface area contributed by atoms with Crippen molar-refractivity contribution < 1.29 is 14.5 Å². The predicted molar refractivity (Wildman–Crippen MR) is 113 cm³/mol. The van der Waals surface area contributed by atoms with Gasteiger partial charge in [-0.2, -0.15) is 5.10 Å². The molecule has 0 saturated heterocycles. The van der Waals surface area contributed by atoms with E-state index in [1.165, 1.54) is 18.3 Å². The second-order valence-corrected chi connectivity index (χ2v) is 6.49. The quantitative estimate of drug-likeness (QED) is 0.378. The van der Waals surface area contributed by atoms with E-state index in [0.717, 1.165) is 16.5 Å². The first-order valence-corrected chi connectivity index (χ1v) is 8.83. The number of amides is 1. The molecule has 0 heterocycles. The van der Waals surface area contributed by atoms with Crippen molar-refractivity contribution in [2.75, 3.05) is 25.6 Å². The lowest BCUT2D eigenvalue weighted by Gasteiger charge is -2.14. The number of nitro groups is 1. The Morgan fingerprint density at radius 1 is 1.14 bits per heavy atom. The number of anilines is 1. The number of ether oxygens (including phenoxy) is 1. The van der Waals surface area contributed by atoms with E-state index in [1.807, 2.05) is 50.5 Å². The maximum absolute atomic E-state index is 12.0. The van der Waals surface area contributed by atoms with E-state index in [-0.39, 0.29) is 12.3 Å². The van der Waals surface area contributed by atoms with Crippen molar-refractivity contribution in [3.05, 3.63) is 76.3 Å². The largest absolute Gasteiger partial charge is 0.484 e. The highest BCUT2D eigenvalue weighted by molar-refractivity contribution is 5.90. The molecular formula is C21H20N4O4. The molecule has 0 aliphatic rings. The van der Waals surface area contributed by atoms with Gasteiger partial charge in [-0.15, -0.1) is 0 Å². The summed E-state index contributed by atoms with van der Waals surface area (Å²) in [7, 11) is 3.63. The Bertz CT molecular complexity index is 1080. The number of carbonyl (C=O) groups is 1. The molecule has 0 saturated carbocycles. The lowest BCUT2D eigenvalue weighted by Crippen LogP contribution is -2.24. The molecule has 0 aliphatic heterocycles. The highest BCUT2D eigenvalue weighted by atomic mass is 16.6. The number of carbonyl (C=O) groups excluding carboxylic acids is 1. The van der Waals surface area contributed by atoms with Gasteiger partial charge in [-0.25, -0.2) is 5.43 Å². The number of hydrogen-bond acceptors (Lipinski definition) is 6. The first-order chi connectivity index (χ1) is 13.9. The molecule has 8 heteroatoms. The van der Waals surface area contributed by atoms with Gasteiger partial charge in [-0.1, -0.05) is 30.3 Å². The van der Waals surface area contributed by atoms with Gasteiger partial charge in [0.25, 0.3) is 11.6 Å². The molecule has 29 heavy (non-hydrogen) atoms. The number of fused-ring (bicyclic) bond motifs is 1. The first kappa shape index (κ1) is 19.8. The van der Waals surface area contributed by atoms with Crippen molar-refractivity contribution >= 4 is 34.3 Å². The maximum atomic E-state index is 12.0. The number of nitrogens with zero attached hydrogens (tertiary/aromatic N) is 3. The van der Waals surface area contributed by atoms with Crippen LogP contribution in [-0.2, 0) is 4.79 Å². The molecule has 1 amide bonds. The van der Waals surface area contributed by atoms with Crippen molar-refractivity contribution in [1.29, 1.82) is 0 Å². The van der Waals surface area contributed by atoms with Crippen LogP contribution in [0.3, 0.4) is 0 Å². The fourth-order valence-corrected chi connectivity index (χ4v) is 2.78. The second-order valence-electron chi connectivity index (χ2n) is 6.49. The minimum atomic E-state index is -0.479. The van der Waals surface area contributed by atoms with Crippen LogP contribution >= 0.6 is 0 Å². The zero-order chi connectivity index (χ0) is 20.8. The fourth-order valence-electron chi connectivity index (χ4n) is 2.78. The molecule has 3 aromatic rings. The van der Waals surface area contributed by atoms with Crippen molar-refractivity contribution in [2.45, 2.75) is 0 Å². The predicted octanol–water partition coefficient (Wildman–Crippen LogP) is 3.34. The van der Waals surface area contributed by atoms with Gasteiger partial charge in [0.2, 0.25) is 0 Å². The molecular weight excluding hydrogens is 372 g/mol. The van der Waals surface area contributed by atoms with E-state index in [4.69, 9.17) is 4.74 Å². The zero-order valence-corrected chi connectivity index (χ0v) is 16.0. The van der Waals surface area contributed by atoms with Crippen molar-refractivity contribution in [3.63, 3.8) is 0 Å². The fraction of sp³-hybridized carbons (Fsp3) is 0.143. The minimum absolute atomic E-state index is 0.0528. The van der Waals surface area contributed by atoms with Crippen LogP contribution in [0.15, 0.2) is 65.8 Å². The first-order valence-electron chi connectivity index (χ1n) is 8.83. The van der Waals surface area contributed by atoms with Crippen LogP contribution in [0.2, 0.25) is 0 Å². The molecule has 0 radical (unpaired) electrons. The number of nitro benzene ring substituents is 1. The van der Waals surface area contributed by atoms with E-state index in [2.05, 4.69) is 10.5 Å². The Balaban J connectivity index is 1.61. The van der Waals surface area contributed by atoms with Crippen molar-refractivity contribution in [2.24, 2.45) is 5.10 Å². The smallest absolute Gasteiger partial charge is 0.277 e. The highest BCUT2D eigenvalue weighted by Crippen LogP contribution is 2.23. The summed E-state index contributed by atoms with van der Waals surface area (Å²) in [5.74, 6) is 0.141. The maximum Gasteiger partial charge on any atom is 0.277 e. The van der Waals surface area contributed by atoms with Gasteiger partial charge in [0, 0.05) is 37.5 Å². The molecule has 0 spiro atoms. The van der Waals surface area contributed by atoms with E-state index in [1.54, 1.807) is 17.0 Å². The summed E-state index contributed by atoms with van der Waals surface area (Å²) < 4.78 is 5.51. The van der Waals surface area contributed by atoms with E-state index < -0.39 is 10.8 Å². The lowest BCUT2D eigenvalue weighted by atomic mass is 10.1. The third-order valence-electron chi connectivity index (χ3n) is 4.19. The highest BCUT2D eigenvalue weighted by Gasteiger charge is 2.11. The minimum Gasteiger partial charge on any atom is -0.484 e. The SMILES string of the molecule is CN(C)c1ccc([N+](=O)[O-])cc1/C=N/NC(=O)COc1ccc2ccccc2c1. The summed E-state index contributed by atoms with van der Waals surface area (Å²) >= 11 is 0. The van der Waals surface area contributed by atoms with E-state index in [0.29, 0.717) is 11.3 Å². The molecule has 0 unspecified atom stereocenters. The van der Waals surface area contributed by atoms with Gasteiger partial charge in [0.1, 0.15) is 5.75 Å². The van der Waals surface area contributed by atoms with Crippen LogP contribution in [0.4, 0.5) is 11.4 Å². The third kappa shape index (κ3) is 5.07. The standard InChI is InChI=1S/C21H20N4O4/c1-24(2)20-10-8-18(25(27)28)11-17(20)13-22-23-21(26)14-29-19-9-7-15-5-3-4-6-16(15)12-19/h3-13H,14H2,1-2H3,(H,23,26)/b22-13+. The molecule has 148 valence electrons. The van der Waals surface area contributed by atoms with Crippen LogP contribution < -0.4 is 15.1 Å². The summed E-state index contributed by atoms with van der Waals surface area (Å²) in [6, 6.07) is 17.9. The number of benzene rings is 3. The summed E-state index contributed by atoms with van der Waals surface area (Å²) in [5.41, 5.74) is 3.57. The number of hydrogen-bond donors (Lipinski definition) is 1. The average Bonchev–Trinajstić information content (AvgIpc) is 2.71. The molecule has 1 N–H and O–H groups in total. The zero-order valence-electron chi connectivity index (χ0n) is 16.0. The summed E-state index contributed by atoms with van der Waals surface area (Å²) in [6.07, 6.45) is 1.37. The normalized spacial score (nSPS) is 10.8. The van der Waals surface area contributed by atoms with Crippen LogP contribution in [0.1, 0.15) is 5.56 Å². The molecule has 8 nitrogen and oxygen atoms in total. The Morgan fingerprint density at radius 2 is 1.90 bits per heavy atom. The van der Waals surface area contributed by atoms with Crippen molar-refractivity contribution in [1.82, 2.24) is 5.43 Å². The number of non-ortho nitro benzene ring substituents is 1. The molecule has 0 aromatic heterocycles. The number of hydrazone groups is 1. The Labute approximate surface area is 167 Å². The molecule has 0 aliphatic carbocycles. The van der Waals surface area contributed by atoms with Gasteiger partial charge in [0.05, 0.1) is 11.1 Å². The Hall–Kier alpha value is -3.94. The summed E-state index contributed by atoms with van der Waals surface area (Å²) in [5, 5.41) is 17.0. The molecule has 0 bridgehead atoms. The van der Waals surface area contributed by atoms with Crippen molar-refractivity contribution in [3.8, 4) is 5.75 Å². The van der Waals surface area contributed by atoms with E-state index in [9.17, 15) is 14.9 Å². The van der Waals surface area contributed by atoms with Crippen LogP contribution in [-0.4, -0.2) is 37.7 Å². The van der Waals surface area contributed by atoms with Crippen LogP contribution in [0.5, 0.6) is 5.75 Å². The lowest BCUT2D eigenvalue weighted by molar-refractivity contribution is -0.384.